The number of thiazole rings is 1. The van der Waals surface area contributed by atoms with Gasteiger partial charge in [0.05, 0.1) is 17.6 Å². The smallest absolute Gasteiger partial charge is 0.236 e. The monoisotopic (exact) mass is 451 g/mol. The third-order valence-corrected chi connectivity index (χ3v) is 8.96. The Bertz CT molecular complexity index is 825. The molecule has 8 heteroatoms. The van der Waals surface area contributed by atoms with Crippen LogP contribution < -0.4 is 10.6 Å². The van der Waals surface area contributed by atoms with Gasteiger partial charge in [0.2, 0.25) is 11.8 Å². The summed E-state index contributed by atoms with van der Waals surface area (Å²) >= 11 is 3.07. The van der Waals surface area contributed by atoms with E-state index in [2.05, 4.69) is 24.5 Å². The lowest BCUT2D eigenvalue weighted by molar-refractivity contribution is -0.134. The first-order valence-corrected chi connectivity index (χ1v) is 13.2. The van der Waals surface area contributed by atoms with Crippen LogP contribution in [0.15, 0.2) is 0 Å². The summed E-state index contributed by atoms with van der Waals surface area (Å²) in [4.78, 5) is 30.6. The largest absolute Gasteiger partial charge is 0.392 e. The first kappa shape index (κ1) is 22.1. The van der Waals surface area contributed by atoms with Crippen molar-refractivity contribution in [3.63, 3.8) is 0 Å². The van der Waals surface area contributed by atoms with Gasteiger partial charge in [-0.1, -0.05) is 20.8 Å². The van der Waals surface area contributed by atoms with Gasteiger partial charge in [-0.15, -0.1) is 11.3 Å². The van der Waals surface area contributed by atoms with Crippen LogP contribution in [0.25, 0.3) is 0 Å². The number of hydrogen-bond donors (Lipinski definition) is 3. The molecule has 0 aliphatic heterocycles. The minimum atomic E-state index is -0.525. The third kappa shape index (κ3) is 4.15. The van der Waals surface area contributed by atoms with Gasteiger partial charge in [0.25, 0.3) is 0 Å². The number of fused-ring (bicyclic) bond motifs is 2. The Balaban J connectivity index is 1.53. The maximum absolute atomic E-state index is 12.6. The molecular weight excluding hydrogens is 418 g/mol. The van der Waals surface area contributed by atoms with Gasteiger partial charge >= 0.3 is 0 Å². The molecule has 3 aliphatic rings. The highest BCUT2D eigenvalue weighted by Crippen LogP contribution is 2.57. The summed E-state index contributed by atoms with van der Waals surface area (Å²) in [7, 11) is 0. The van der Waals surface area contributed by atoms with Crippen molar-refractivity contribution in [2.45, 2.75) is 70.9 Å². The van der Waals surface area contributed by atoms with Crippen LogP contribution >= 0.6 is 23.1 Å². The van der Waals surface area contributed by atoms with Gasteiger partial charge in [-0.3, -0.25) is 9.59 Å². The number of thioether (sulfide) groups is 1. The number of aliphatic hydroxyl groups excluding tert-OH is 1. The SMILES string of the molecule is CSCC(=O)Nc1nc2c(s1)C[C@@]1(C)CC[C@H]([C@H](C)C(=O)NC3CC3)[C@H](O)[C@H]1[C@H]2C. The van der Waals surface area contributed by atoms with Crippen molar-refractivity contribution in [1.82, 2.24) is 10.3 Å². The second-order valence-corrected chi connectivity index (χ2v) is 11.7. The maximum Gasteiger partial charge on any atom is 0.236 e. The number of aliphatic hydroxyl groups is 1. The van der Waals surface area contributed by atoms with E-state index in [9.17, 15) is 14.7 Å². The summed E-state index contributed by atoms with van der Waals surface area (Å²) in [5.74, 6) is 0.430. The van der Waals surface area contributed by atoms with E-state index in [4.69, 9.17) is 4.98 Å². The summed E-state index contributed by atoms with van der Waals surface area (Å²) in [5, 5.41) is 18.1. The van der Waals surface area contributed by atoms with Gasteiger partial charge in [-0.25, -0.2) is 4.98 Å². The fourth-order valence-electron chi connectivity index (χ4n) is 5.64. The predicted molar refractivity (Wildman–Crippen MR) is 122 cm³/mol. The van der Waals surface area contributed by atoms with E-state index in [1.54, 1.807) is 11.3 Å². The molecule has 166 valence electrons. The first-order valence-electron chi connectivity index (χ1n) is 11.0. The summed E-state index contributed by atoms with van der Waals surface area (Å²) in [6.07, 6.45) is 6.27. The Morgan fingerprint density at radius 1 is 1.37 bits per heavy atom. The zero-order valence-corrected chi connectivity index (χ0v) is 19.9. The Morgan fingerprint density at radius 3 is 2.77 bits per heavy atom. The van der Waals surface area contributed by atoms with Crippen molar-refractivity contribution in [3.05, 3.63) is 10.6 Å². The molecule has 0 radical (unpaired) electrons. The van der Waals surface area contributed by atoms with Crippen LogP contribution in [-0.2, 0) is 16.0 Å². The highest BCUT2D eigenvalue weighted by molar-refractivity contribution is 7.99. The van der Waals surface area contributed by atoms with Gasteiger partial charge in [-0.05, 0) is 55.6 Å². The zero-order chi connectivity index (χ0) is 21.6. The average molecular weight is 452 g/mol. The van der Waals surface area contributed by atoms with Gasteiger partial charge in [0, 0.05) is 22.8 Å². The average Bonchev–Trinajstić information content (AvgIpc) is 3.39. The minimum absolute atomic E-state index is 0.0118. The molecule has 3 aliphatic carbocycles. The maximum atomic E-state index is 12.6. The molecule has 0 saturated heterocycles. The molecule has 1 aromatic rings. The number of carbonyl (C=O) groups excluding carboxylic acids is 2. The lowest BCUT2D eigenvalue weighted by Crippen LogP contribution is -2.53. The Labute approximate surface area is 187 Å². The molecule has 3 N–H and O–H groups in total. The zero-order valence-electron chi connectivity index (χ0n) is 18.2. The molecule has 6 nitrogen and oxygen atoms in total. The highest BCUT2D eigenvalue weighted by atomic mass is 32.2. The lowest BCUT2D eigenvalue weighted by Gasteiger charge is -2.53. The fraction of sp³-hybridized carbons (Fsp3) is 0.773. The van der Waals surface area contributed by atoms with Crippen molar-refractivity contribution in [3.8, 4) is 0 Å². The quantitative estimate of drug-likeness (QED) is 0.617. The van der Waals surface area contributed by atoms with Crippen molar-refractivity contribution < 1.29 is 14.7 Å². The minimum Gasteiger partial charge on any atom is -0.392 e. The molecule has 0 aromatic carbocycles. The Morgan fingerprint density at radius 2 is 2.10 bits per heavy atom. The van der Waals surface area contributed by atoms with Gasteiger partial charge < -0.3 is 15.7 Å². The van der Waals surface area contributed by atoms with Crippen LogP contribution in [-0.4, -0.2) is 46.1 Å². The standard InChI is InChI=1S/C22H33N3O3S2/c1-11(20(28)23-13-5-6-13)14-7-8-22(3)9-15-18(12(2)17(22)19(14)27)25-21(30-15)24-16(26)10-29-4/h11-14,17,19,27H,5-10H2,1-4H3,(H,23,28)(H,24,25,26)/t11-,12+,14+,17+,19-,22+/m0/s1. The molecule has 0 unspecified atom stereocenters. The molecule has 6 atom stereocenters. The Kier molecular flexibility index (Phi) is 6.21. The first-order chi connectivity index (χ1) is 14.2. The van der Waals surface area contributed by atoms with Crippen LogP contribution in [0, 0.1) is 23.2 Å². The second-order valence-electron chi connectivity index (χ2n) is 9.72. The van der Waals surface area contributed by atoms with Crippen molar-refractivity contribution >= 4 is 40.0 Å². The number of nitrogens with one attached hydrogen (secondary N) is 2. The van der Waals surface area contributed by atoms with Gasteiger partial charge in [0.1, 0.15) is 0 Å². The summed E-state index contributed by atoms with van der Waals surface area (Å²) in [6, 6.07) is 0.344. The van der Waals surface area contributed by atoms with E-state index in [-0.39, 0.29) is 40.9 Å². The van der Waals surface area contributed by atoms with E-state index in [1.165, 1.54) is 16.6 Å². The normalized spacial score (nSPS) is 33.9. The lowest BCUT2D eigenvalue weighted by atomic mass is 9.53. The molecule has 2 fully saturated rings. The summed E-state index contributed by atoms with van der Waals surface area (Å²) in [5.41, 5.74) is 0.999. The number of anilines is 1. The van der Waals surface area contributed by atoms with Crippen LogP contribution in [0.3, 0.4) is 0 Å². The molecular formula is C22H33N3O3S2. The number of amides is 2. The molecule has 30 heavy (non-hydrogen) atoms. The summed E-state index contributed by atoms with van der Waals surface area (Å²) in [6.45, 7) is 6.39. The van der Waals surface area contributed by atoms with Crippen molar-refractivity contribution in [2.75, 3.05) is 17.3 Å². The Hall–Kier alpha value is -1.12. The molecule has 0 spiro atoms. The molecule has 0 bridgehead atoms. The molecule has 2 saturated carbocycles. The van der Waals surface area contributed by atoms with Gasteiger partial charge in [-0.2, -0.15) is 11.8 Å². The third-order valence-electron chi connectivity index (χ3n) is 7.42. The highest BCUT2D eigenvalue weighted by Gasteiger charge is 2.54. The number of rotatable bonds is 6. The molecule has 1 aromatic heterocycles. The topological polar surface area (TPSA) is 91.3 Å². The summed E-state index contributed by atoms with van der Waals surface area (Å²) < 4.78 is 0. The number of hydrogen-bond acceptors (Lipinski definition) is 6. The van der Waals surface area contributed by atoms with Crippen LogP contribution in [0.2, 0.25) is 0 Å². The van der Waals surface area contributed by atoms with Crippen LogP contribution in [0.4, 0.5) is 5.13 Å². The van der Waals surface area contributed by atoms with E-state index in [1.807, 2.05) is 13.2 Å². The van der Waals surface area contributed by atoms with E-state index in [0.717, 1.165) is 37.8 Å². The van der Waals surface area contributed by atoms with E-state index < -0.39 is 6.10 Å². The number of aromatic nitrogens is 1. The molecule has 1 heterocycles. The van der Waals surface area contributed by atoms with Crippen LogP contribution in [0.1, 0.15) is 62.9 Å². The van der Waals surface area contributed by atoms with E-state index >= 15 is 0 Å². The molecule has 4 rings (SSSR count). The fourth-order valence-corrected chi connectivity index (χ4v) is 7.26. The van der Waals surface area contributed by atoms with Gasteiger partial charge in [0.15, 0.2) is 5.13 Å². The molecule has 2 amide bonds. The van der Waals surface area contributed by atoms with Crippen LogP contribution in [0.5, 0.6) is 0 Å². The number of nitrogens with zero attached hydrogens (tertiary/aromatic N) is 1. The van der Waals surface area contributed by atoms with Crippen molar-refractivity contribution in [2.24, 2.45) is 23.2 Å². The second kappa shape index (κ2) is 8.43. The van der Waals surface area contributed by atoms with E-state index in [0.29, 0.717) is 16.9 Å². The van der Waals surface area contributed by atoms with Crippen molar-refractivity contribution in [1.29, 1.82) is 0 Å². The number of carbonyl (C=O) groups is 2. The predicted octanol–water partition coefficient (Wildman–Crippen LogP) is 3.41.